The van der Waals surface area contributed by atoms with Crippen LogP contribution in [0, 0.1) is 5.92 Å². The van der Waals surface area contributed by atoms with E-state index in [1.165, 1.54) is 17.5 Å². The van der Waals surface area contributed by atoms with Crippen LogP contribution in [0.5, 0.6) is 0 Å². The molecule has 1 saturated heterocycles. The van der Waals surface area contributed by atoms with Crippen molar-refractivity contribution in [3.05, 3.63) is 71.8 Å². The Labute approximate surface area is 138 Å². The number of carbonyl (C=O) groups is 1. The van der Waals surface area contributed by atoms with Gasteiger partial charge in [0, 0.05) is 18.5 Å². The molecule has 2 heteroatoms. The topological polar surface area (TPSA) is 20.3 Å². The molecule has 0 unspecified atom stereocenters. The molecule has 2 nitrogen and oxygen atoms in total. The summed E-state index contributed by atoms with van der Waals surface area (Å²) in [6, 6.07) is 21.1. The second-order valence-electron chi connectivity index (χ2n) is 6.85. The maximum Gasteiger partial charge on any atom is 0.226 e. The van der Waals surface area contributed by atoms with Gasteiger partial charge in [-0.1, -0.05) is 60.7 Å². The van der Waals surface area contributed by atoms with Gasteiger partial charge >= 0.3 is 0 Å². The van der Waals surface area contributed by atoms with Crippen molar-refractivity contribution in [1.82, 2.24) is 4.90 Å². The van der Waals surface area contributed by atoms with E-state index in [-0.39, 0.29) is 11.3 Å². The first-order valence-electron chi connectivity index (χ1n) is 8.72. The van der Waals surface area contributed by atoms with Gasteiger partial charge in [0.25, 0.3) is 0 Å². The summed E-state index contributed by atoms with van der Waals surface area (Å²) in [7, 11) is 0. The summed E-state index contributed by atoms with van der Waals surface area (Å²) in [6.07, 6.45) is 4.51. The molecule has 23 heavy (non-hydrogen) atoms. The van der Waals surface area contributed by atoms with E-state index < -0.39 is 0 Å². The van der Waals surface area contributed by atoms with Crippen molar-refractivity contribution in [1.29, 1.82) is 0 Å². The van der Waals surface area contributed by atoms with E-state index in [1.54, 1.807) is 0 Å². The molecule has 1 atom stereocenters. The van der Waals surface area contributed by atoms with Crippen LogP contribution in [0.1, 0.15) is 36.8 Å². The molecule has 1 aliphatic carbocycles. The van der Waals surface area contributed by atoms with Gasteiger partial charge in [-0.25, -0.2) is 0 Å². The quantitative estimate of drug-likeness (QED) is 0.839. The molecule has 1 aliphatic heterocycles. The molecule has 0 aromatic heterocycles. The Hall–Kier alpha value is -2.09. The maximum absolute atomic E-state index is 13.0. The summed E-state index contributed by atoms with van der Waals surface area (Å²) >= 11 is 0. The van der Waals surface area contributed by atoms with E-state index >= 15 is 0 Å². The molecule has 2 aliphatic rings. The zero-order valence-corrected chi connectivity index (χ0v) is 13.4. The van der Waals surface area contributed by atoms with Crippen molar-refractivity contribution >= 4 is 5.91 Å². The van der Waals surface area contributed by atoms with Crippen LogP contribution in [0.4, 0.5) is 0 Å². The van der Waals surface area contributed by atoms with Gasteiger partial charge in [0.15, 0.2) is 0 Å². The van der Waals surface area contributed by atoms with Gasteiger partial charge in [-0.2, -0.15) is 0 Å². The summed E-state index contributed by atoms with van der Waals surface area (Å²) in [5.74, 6) is 0.461. The normalized spacial score (nSPS) is 22.6. The van der Waals surface area contributed by atoms with Gasteiger partial charge in [0.05, 0.1) is 5.92 Å². The molecule has 2 fully saturated rings. The summed E-state index contributed by atoms with van der Waals surface area (Å²) < 4.78 is 0. The highest BCUT2D eigenvalue weighted by Gasteiger charge is 2.60. The molecule has 0 N–H and O–H groups in total. The molecule has 1 heterocycles. The number of piperidine rings is 1. The van der Waals surface area contributed by atoms with Crippen molar-refractivity contribution in [3.63, 3.8) is 0 Å². The van der Waals surface area contributed by atoms with Gasteiger partial charge in [0.1, 0.15) is 0 Å². The highest BCUT2D eigenvalue weighted by Crippen LogP contribution is 2.59. The summed E-state index contributed by atoms with van der Waals surface area (Å²) in [5, 5.41) is 0. The van der Waals surface area contributed by atoms with Crippen LogP contribution in [-0.4, -0.2) is 23.9 Å². The molecule has 1 saturated carbocycles. The molecule has 0 radical (unpaired) electrons. The first-order chi connectivity index (χ1) is 11.3. The number of likely N-dealkylation sites (tertiary alicyclic amines) is 1. The van der Waals surface area contributed by atoms with Crippen molar-refractivity contribution in [3.8, 4) is 0 Å². The van der Waals surface area contributed by atoms with Crippen LogP contribution >= 0.6 is 0 Å². The predicted octanol–water partition coefficient (Wildman–Crippen LogP) is 4.01. The van der Waals surface area contributed by atoms with E-state index in [9.17, 15) is 4.79 Å². The predicted molar refractivity (Wildman–Crippen MR) is 92.2 cm³/mol. The van der Waals surface area contributed by atoms with Crippen LogP contribution in [-0.2, 0) is 10.2 Å². The van der Waals surface area contributed by atoms with Crippen LogP contribution in [0.15, 0.2) is 60.7 Å². The number of hydrogen-bond donors (Lipinski definition) is 0. The standard InChI is InChI=1S/C21H23NO/c23-20(22-14-8-3-9-15-22)19-16-21(19,17-10-4-1-5-11-17)18-12-6-2-7-13-18/h1-2,4-7,10-13,19H,3,8-9,14-16H2/t19-/m0/s1. The monoisotopic (exact) mass is 305 g/mol. The smallest absolute Gasteiger partial charge is 0.226 e. The fraction of sp³-hybridized carbons (Fsp3) is 0.381. The van der Waals surface area contributed by atoms with E-state index in [0.717, 1.165) is 32.4 Å². The second kappa shape index (κ2) is 5.84. The van der Waals surface area contributed by atoms with Gasteiger partial charge in [0.2, 0.25) is 5.91 Å². The number of rotatable bonds is 3. The molecule has 4 rings (SSSR count). The second-order valence-corrected chi connectivity index (χ2v) is 6.85. The summed E-state index contributed by atoms with van der Waals surface area (Å²) in [5.41, 5.74) is 2.44. The highest BCUT2D eigenvalue weighted by atomic mass is 16.2. The summed E-state index contributed by atoms with van der Waals surface area (Å²) in [4.78, 5) is 15.1. The lowest BCUT2D eigenvalue weighted by atomic mass is 9.85. The van der Waals surface area contributed by atoms with E-state index in [4.69, 9.17) is 0 Å². The van der Waals surface area contributed by atoms with Gasteiger partial charge < -0.3 is 4.90 Å². The average molecular weight is 305 g/mol. The Morgan fingerprint density at radius 3 is 1.87 bits per heavy atom. The Morgan fingerprint density at radius 2 is 1.35 bits per heavy atom. The van der Waals surface area contributed by atoms with Crippen molar-refractivity contribution in [2.45, 2.75) is 31.1 Å². The minimum Gasteiger partial charge on any atom is -0.342 e. The fourth-order valence-corrected chi connectivity index (χ4v) is 4.17. The van der Waals surface area contributed by atoms with Gasteiger partial charge in [-0.3, -0.25) is 4.79 Å². The Bertz CT molecular complexity index is 634. The van der Waals surface area contributed by atoms with Crippen molar-refractivity contribution in [2.75, 3.05) is 13.1 Å². The maximum atomic E-state index is 13.0. The third-order valence-corrected chi connectivity index (χ3v) is 5.50. The fourth-order valence-electron chi connectivity index (χ4n) is 4.17. The molecular weight excluding hydrogens is 282 g/mol. The number of hydrogen-bond acceptors (Lipinski definition) is 1. The van der Waals surface area contributed by atoms with Crippen LogP contribution in [0.25, 0.3) is 0 Å². The number of nitrogens with zero attached hydrogens (tertiary/aromatic N) is 1. The Balaban J connectivity index is 1.68. The summed E-state index contributed by atoms with van der Waals surface area (Å²) in [6.45, 7) is 1.88. The van der Waals surface area contributed by atoms with E-state index in [1.807, 2.05) is 12.1 Å². The van der Waals surface area contributed by atoms with Crippen molar-refractivity contribution in [2.24, 2.45) is 5.92 Å². The first kappa shape index (κ1) is 14.5. The third-order valence-electron chi connectivity index (χ3n) is 5.50. The third kappa shape index (κ3) is 2.46. The highest BCUT2D eigenvalue weighted by molar-refractivity contribution is 5.86. The van der Waals surface area contributed by atoms with E-state index in [2.05, 4.69) is 53.4 Å². The minimum atomic E-state index is -0.114. The Kier molecular flexibility index (Phi) is 3.68. The minimum absolute atomic E-state index is 0.102. The van der Waals surface area contributed by atoms with Gasteiger partial charge in [-0.15, -0.1) is 0 Å². The van der Waals surface area contributed by atoms with Crippen LogP contribution in [0.3, 0.4) is 0 Å². The van der Waals surface area contributed by atoms with Crippen LogP contribution < -0.4 is 0 Å². The zero-order chi connectivity index (χ0) is 15.7. The zero-order valence-electron chi connectivity index (χ0n) is 13.4. The SMILES string of the molecule is O=C([C@@H]1CC1(c1ccccc1)c1ccccc1)N1CCCCC1. The number of benzene rings is 2. The van der Waals surface area contributed by atoms with Gasteiger partial charge in [-0.05, 0) is 36.8 Å². The lowest BCUT2D eigenvalue weighted by Crippen LogP contribution is -2.38. The molecule has 2 aromatic rings. The molecule has 0 spiro atoms. The lowest BCUT2D eigenvalue weighted by Gasteiger charge is -2.28. The largest absolute Gasteiger partial charge is 0.342 e. The number of carbonyl (C=O) groups excluding carboxylic acids is 1. The Morgan fingerprint density at radius 1 is 0.826 bits per heavy atom. The molecule has 0 bridgehead atoms. The van der Waals surface area contributed by atoms with Crippen molar-refractivity contribution < 1.29 is 4.79 Å². The molecule has 1 amide bonds. The average Bonchev–Trinajstić information content (AvgIpc) is 3.40. The first-order valence-corrected chi connectivity index (χ1v) is 8.72. The van der Waals surface area contributed by atoms with Crippen LogP contribution in [0.2, 0.25) is 0 Å². The number of amides is 1. The lowest BCUT2D eigenvalue weighted by molar-refractivity contribution is -0.133. The molecule has 118 valence electrons. The molecule has 2 aromatic carbocycles. The van der Waals surface area contributed by atoms with E-state index in [0.29, 0.717) is 5.91 Å². The molecular formula is C21H23NO.